The van der Waals surface area contributed by atoms with Crippen molar-refractivity contribution >= 4 is 0 Å². The van der Waals surface area contributed by atoms with E-state index in [1.54, 1.807) is 6.20 Å². The van der Waals surface area contributed by atoms with Crippen LogP contribution in [0.2, 0.25) is 0 Å². The van der Waals surface area contributed by atoms with Crippen molar-refractivity contribution in [1.82, 2.24) is 15.4 Å². The van der Waals surface area contributed by atoms with Crippen LogP contribution in [0.1, 0.15) is 45.2 Å². The Morgan fingerprint density at radius 2 is 2.29 bits per heavy atom. The maximum Gasteiger partial charge on any atom is 0.0726 e. The van der Waals surface area contributed by atoms with Gasteiger partial charge in [-0.3, -0.25) is 0 Å². The molecule has 0 N–H and O–H groups in total. The fourth-order valence-corrected chi connectivity index (χ4v) is 2.43. The minimum absolute atomic E-state index is 0.216. The van der Waals surface area contributed by atoms with Crippen molar-refractivity contribution in [3.63, 3.8) is 0 Å². The Balaban J connectivity index is 2.30. The highest BCUT2D eigenvalue weighted by atomic mass is 15.3. The Hall–Kier alpha value is -0.990. The first kappa shape index (κ1) is 9.56. The molecule has 1 aromatic heterocycles. The van der Waals surface area contributed by atoms with Crippen LogP contribution in [-0.2, 0) is 5.41 Å². The summed E-state index contributed by atoms with van der Waals surface area (Å²) in [7, 11) is 0. The summed E-state index contributed by atoms with van der Waals surface area (Å²) in [6, 6.07) is 2.01. The molecule has 1 aliphatic rings. The Kier molecular flexibility index (Phi) is 2.48. The van der Waals surface area contributed by atoms with Crippen LogP contribution in [0.3, 0.4) is 0 Å². The molecular weight excluding hydrogens is 174 g/mol. The van der Waals surface area contributed by atoms with E-state index >= 15 is 0 Å². The molecule has 3 heteroatoms. The van der Waals surface area contributed by atoms with Crippen molar-refractivity contribution in [3.05, 3.63) is 18.0 Å². The van der Waals surface area contributed by atoms with Crippen LogP contribution in [0, 0.1) is 5.92 Å². The van der Waals surface area contributed by atoms with Gasteiger partial charge in [0.25, 0.3) is 0 Å². The van der Waals surface area contributed by atoms with Crippen LogP contribution < -0.4 is 0 Å². The van der Waals surface area contributed by atoms with Crippen molar-refractivity contribution in [2.75, 3.05) is 0 Å². The summed E-state index contributed by atoms with van der Waals surface area (Å²) in [5.74, 6) is 0.702. The lowest BCUT2D eigenvalue weighted by Crippen LogP contribution is -2.34. The first-order valence-electron chi connectivity index (χ1n) is 5.38. The normalized spacial score (nSPS) is 32.9. The summed E-state index contributed by atoms with van der Waals surface area (Å²) in [5, 5.41) is 11.6. The van der Waals surface area contributed by atoms with Crippen LogP contribution in [0.15, 0.2) is 12.3 Å². The lowest BCUT2D eigenvalue weighted by Gasteiger charge is -2.38. The molecular formula is C11H17N3. The topological polar surface area (TPSA) is 38.7 Å². The van der Waals surface area contributed by atoms with Crippen LogP contribution in [0.4, 0.5) is 0 Å². The molecule has 3 nitrogen and oxygen atoms in total. The summed E-state index contributed by atoms with van der Waals surface area (Å²) < 4.78 is 0. The molecule has 76 valence electrons. The fraction of sp³-hybridized carbons (Fsp3) is 0.727. The Bertz CT molecular complexity index is 299. The Morgan fingerprint density at radius 3 is 2.93 bits per heavy atom. The highest BCUT2D eigenvalue weighted by Crippen LogP contribution is 2.41. The van der Waals surface area contributed by atoms with E-state index in [0.29, 0.717) is 5.92 Å². The monoisotopic (exact) mass is 191 g/mol. The highest BCUT2D eigenvalue weighted by molar-refractivity contribution is 5.14. The Labute approximate surface area is 84.9 Å². The van der Waals surface area contributed by atoms with Gasteiger partial charge in [0.15, 0.2) is 0 Å². The molecule has 2 atom stereocenters. The molecule has 0 amide bonds. The molecule has 0 aliphatic heterocycles. The molecule has 1 saturated carbocycles. The number of hydrogen-bond donors (Lipinski definition) is 0. The first-order chi connectivity index (χ1) is 6.73. The van der Waals surface area contributed by atoms with Crippen LogP contribution in [0.25, 0.3) is 0 Å². The second-order valence-electron chi connectivity index (χ2n) is 4.57. The smallest absolute Gasteiger partial charge is 0.0726 e. The molecule has 1 aliphatic carbocycles. The molecule has 1 heterocycles. The third kappa shape index (κ3) is 1.51. The predicted molar refractivity (Wildman–Crippen MR) is 54.8 cm³/mol. The molecule has 1 aromatic rings. The molecule has 0 saturated heterocycles. The maximum atomic E-state index is 4.16. The van der Waals surface area contributed by atoms with Crippen LogP contribution in [0.5, 0.6) is 0 Å². The number of hydrogen-bond acceptors (Lipinski definition) is 3. The summed E-state index contributed by atoms with van der Waals surface area (Å²) >= 11 is 0. The van der Waals surface area contributed by atoms with Gasteiger partial charge in [0.05, 0.1) is 11.9 Å². The zero-order chi connectivity index (χ0) is 10.0. The number of nitrogens with zero attached hydrogens (tertiary/aromatic N) is 3. The maximum absolute atomic E-state index is 4.16. The lowest BCUT2D eigenvalue weighted by molar-refractivity contribution is 0.213. The van der Waals surface area contributed by atoms with Crippen molar-refractivity contribution < 1.29 is 0 Å². The minimum Gasteiger partial charge on any atom is -0.139 e. The summed E-state index contributed by atoms with van der Waals surface area (Å²) in [6.07, 6.45) is 6.95. The van der Waals surface area contributed by atoms with Crippen LogP contribution in [-0.4, -0.2) is 15.4 Å². The van der Waals surface area contributed by atoms with Gasteiger partial charge >= 0.3 is 0 Å². The van der Waals surface area contributed by atoms with Gasteiger partial charge in [0.1, 0.15) is 0 Å². The van der Waals surface area contributed by atoms with Crippen molar-refractivity contribution in [2.24, 2.45) is 5.92 Å². The molecule has 0 radical (unpaired) electrons. The van der Waals surface area contributed by atoms with E-state index in [4.69, 9.17) is 0 Å². The van der Waals surface area contributed by atoms with Gasteiger partial charge in [-0.05, 0) is 30.0 Å². The van der Waals surface area contributed by atoms with E-state index in [-0.39, 0.29) is 5.41 Å². The fourth-order valence-electron chi connectivity index (χ4n) is 2.43. The average Bonchev–Trinajstić information content (AvgIpc) is 2.24. The van der Waals surface area contributed by atoms with Crippen molar-refractivity contribution in [3.8, 4) is 0 Å². The third-order valence-electron chi connectivity index (χ3n) is 3.76. The van der Waals surface area contributed by atoms with Gasteiger partial charge in [0, 0.05) is 5.41 Å². The zero-order valence-electron chi connectivity index (χ0n) is 8.90. The van der Waals surface area contributed by atoms with Gasteiger partial charge in [-0.25, -0.2) is 0 Å². The largest absolute Gasteiger partial charge is 0.139 e. The predicted octanol–water partition coefficient (Wildman–Crippen LogP) is 2.34. The van der Waals surface area contributed by atoms with E-state index in [1.807, 2.05) is 6.07 Å². The van der Waals surface area contributed by atoms with Gasteiger partial charge in [-0.1, -0.05) is 26.7 Å². The molecule has 14 heavy (non-hydrogen) atoms. The van der Waals surface area contributed by atoms with Crippen molar-refractivity contribution in [2.45, 2.75) is 44.9 Å². The second kappa shape index (κ2) is 3.64. The number of rotatable bonds is 1. The lowest BCUT2D eigenvalue weighted by atomic mass is 9.66. The van der Waals surface area contributed by atoms with Gasteiger partial charge in [-0.2, -0.15) is 0 Å². The van der Waals surface area contributed by atoms with E-state index in [2.05, 4.69) is 29.3 Å². The quantitative estimate of drug-likeness (QED) is 0.684. The minimum atomic E-state index is 0.216. The van der Waals surface area contributed by atoms with E-state index in [0.717, 1.165) is 5.69 Å². The second-order valence-corrected chi connectivity index (χ2v) is 4.57. The standard InChI is InChI=1S/C11H17N3/c1-9-5-3-4-7-11(9,2)10-6-8-12-14-13-10/h6,8-9H,3-5,7H2,1-2H3. The summed E-state index contributed by atoms with van der Waals surface area (Å²) in [6.45, 7) is 4.63. The van der Waals surface area contributed by atoms with Gasteiger partial charge in [-0.15, -0.1) is 10.2 Å². The molecule has 0 spiro atoms. The van der Waals surface area contributed by atoms with E-state index in [1.165, 1.54) is 25.7 Å². The SMILES string of the molecule is CC1CCCCC1(C)c1ccnnn1. The van der Waals surface area contributed by atoms with E-state index in [9.17, 15) is 0 Å². The first-order valence-corrected chi connectivity index (χ1v) is 5.38. The number of aromatic nitrogens is 3. The van der Waals surface area contributed by atoms with Crippen molar-refractivity contribution in [1.29, 1.82) is 0 Å². The third-order valence-corrected chi connectivity index (χ3v) is 3.76. The summed E-state index contributed by atoms with van der Waals surface area (Å²) in [5.41, 5.74) is 1.33. The highest BCUT2D eigenvalue weighted by Gasteiger charge is 2.36. The molecule has 1 fully saturated rings. The average molecular weight is 191 g/mol. The van der Waals surface area contributed by atoms with Gasteiger partial charge in [0.2, 0.25) is 0 Å². The molecule has 2 rings (SSSR count). The van der Waals surface area contributed by atoms with Crippen LogP contribution >= 0.6 is 0 Å². The zero-order valence-corrected chi connectivity index (χ0v) is 8.90. The Morgan fingerprint density at radius 1 is 1.43 bits per heavy atom. The molecule has 2 unspecified atom stereocenters. The van der Waals surface area contributed by atoms with Gasteiger partial charge < -0.3 is 0 Å². The summed E-state index contributed by atoms with van der Waals surface area (Å²) in [4.78, 5) is 0. The molecule has 0 aromatic carbocycles. The molecule has 0 bridgehead atoms. The van der Waals surface area contributed by atoms with E-state index < -0.39 is 0 Å².